The van der Waals surface area contributed by atoms with Crippen LogP contribution in [-0.4, -0.2) is 31.1 Å². The minimum atomic E-state index is -0.0714. The summed E-state index contributed by atoms with van der Waals surface area (Å²) in [4.78, 5) is 15.1. The maximum atomic E-state index is 12.3. The molecule has 0 aliphatic heterocycles. The molecule has 0 spiro atoms. The van der Waals surface area contributed by atoms with Gasteiger partial charge in [0.05, 0.1) is 18.0 Å². The molecule has 1 aromatic heterocycles. The number of hydrogen-bond donors (Lipinski definition) is 0. The summed E-state index contributed by atoms with van der Waals surface area (Å²) < 4.78 is 11.5. The second-order valence-corrected chi connectivity index (χ2v) is 6.35. The number of halogens is 1. The molecule has 0 N–H and O–H groups in total. The van der Waals surface area contributed by atoms with E-state index in [1.165, 1.54) is 11.3 Å². The fraction of sp³-hybridized carbons (Fsp3) is 0.312. The number of benzene rings is 1. The number of carbonyl (C=O) groups is 1. The first kappa shape index (κ1) is 16.6. The molecule has 118 valence electrons. The van der Waals surface area contributed by atoms with Crippen LogP contribution >= 0.6 is 22.9 Å². The summed E-state index contributed by atoms with van der Waals surface area (Å²) in [6, 6.07) is 11.0. The number of methoxy groups -OCH3 is 1. The highest BCUT2D eigenvalue weighted by atomic mass is 35.5. The van der Waals surface area contributed by atoms with Crippen molar-refractivity contribution < 1.29 is 14.3 Å². The lowest BCUT2D eigenvalue weighted by atomic mass is 10.3. The van der Waals surface area contributed by atoms with Gasteiger partial charge in [0.25, 0.3) is 5.91 Å². The number of para-hydroxylation sites is 2. The summed E-state index contributed by atoms with van der Waals surface area (Å²) in [6.07, 6.45) is 0. The van der Waals surface area contributed by atoms with Crippen LogP contribution in [0.5, 0.6) is 11.5 Å². The van der Waals surface area contributed by atoms with Gasteiger partial charge in [-0.25, -0.2) is 0 Å². The highest BCUT2D eigenvalue weighted by molar-refractivity contribution is 7.16. The SMILES string of the molecule is CCN(Cc1ccc(Cl)s1)C(=O)COc1ccccc1OC. The van der Waals surface area contributed by atoms with Gasteiger partial charge in [0, 0.05) is 11.4 Å². The standard InChI is InChI=1S/C16H18ClNO3S/c1-3-18(10-12-8-9-15(17)22-12)16(19)11-21-14-7-5-4-6-13(14)20-2/h4-9H,3,10-11H2,1-2H3. The van der Waals surface area contributed by atoms with Crippen molar-refractivity contribution in [2.45, 2.75) is 13.5 Å². The van der Waals surface area contributed by atoms with E-state index >= 15 is 0 Å². The highest BCUT2D eigenvalue weighted by Crippen LogP contribution is 2.26. The van der Waals surface area contributed by atoms with Gasteiger partial charge in [0.1, 0.15) is 0 Å². The third kappa shape index (κ3) is 4.39. The van der Waals surface area contributed by atoms with E-state index in [1.807, 2.05) is 31.2 Å². The zero-order chi connectivity index (χ0) is 15.9. The lowest BCUT2D eigenvalue weighted by molar-refractivity contribution is -0.133. The quantitative estimate of drug-likeness (QED) is 0.769. The number of amides is 1. The molecule has 6 heteroatoms. The van der Waals surface area contributed by atoms with Gasteiger partial charge in [-0.2, -0.15) is 0 Å². The minimum absolute atomic E-state index is 0.0205. The van der Waals surface area contributed by atoms with E-state index in [1.54, 1.807) is 24.1 Å². The van der Waals surface area contributed by atoms with Gasteiger partial charge in [-0.15, -0.1) is 11.3 Å². The summed E-state index contributed by atoms with van der Waals surface area (Å²) in [5.74, 6) is 1.11. The molecule has 0 saturated heterocycles. The van der Waals surface area contributed by atoms with E-state index in [0.717, 1.165) is 9.21 Å². The molecule has 0 aliphatic carbocycles. The fourth-order valence-electron chi connectivity index (χ4n) is 1.97. The van der Waals surface area contributed by atoms with Crippen molar-refractivity contribution in [2.75, 3.05) is 20.3 Å². The first-order valence-electron chi connectivity index (χ1n) is 6.91. The molecule has 0 radical (unpaired) electrons. The van der Waals surface area contributed by atoms with Crippen molar-refractivity contribution in [3.05, 3.63) is 45.6 Å². The number of ether oxygens (including phenoxy) is 2. The summed E-state index contributed by atoms with van der Waals surface area (Å²) in [7, 11) is 1.57. The Morgan fingerprint density at radius 1 is 1.23 bits per heavy atom. The summed E-state index contributed by atoms with van der Waals surface area (Å²) in [6.45, 7) is 3.08. The number of likely N-dealkylation sites (N-methyl/N-ethyl adjacent to an activating group) is 1. The number of rotatable bonds is 7. The molecular weight excluding hydrogens is 322 g/mol. The molecular formula is C16H18ClNO3S. The van der Waals surface area contributed by atoms with Gasteiger partial charge >= 0.3 is 0 Å². The average Bonchev–Trinajstić information content (AvgIpc) is 2.95. The maximum Gasteiger partial charge on any atom is 0.260 e. The number of hydrogen-bond acceptors (Lipinski definition) is 4. The van der Waals surface area contributed by atoms with Gasteiger partial charge < -0.3 is 14.4 Å². The molecule has 22 heavy (non-hydrogen) atoms. The van der Waals surface area contributed by atoms with E-state index < -0.39 is 0 Å². The first-order chi connectivity index (χ1) is 10.6. The van der Waals surface area contributed by atoms with Gasteiger partial charge in [0.15, 0.2) is 18.1 Å². The minimum Gasteiger partial charge on any atom is -0.493 e. The van der Waals surface area contributed by atoms with E-state index in [9.17, 15) is 4.79 Å². The van der Waals surface area contributed by atoms with Crippen LogP contribution < -0.4 is 9.47 Å². The maximum absolute atomic E-state index is 12.3. The Kier molecular flexibility index (Phi) is 6.10. The molecule has 0 saturated carbocycles. The molecule has 2 aromatic rings. The molecule has 0 bridgehead atoms. The van der Waals surface area contributed by atoms with Crippen LogP contribution in [0.2, 0.25) is 4.34 Å². The number of carbonyl (C=O) groups excluding carboxylic acids is 1. The highest BCUT2D eigenvalue weighted by Gasteiger charge is 2.15. The van der Waals surface area contributed by atoms with E-state index in [-0.39, 0.29) is 12.5 Å². The Labute approximate surface area is 139 Å². The van der Waals surface area contributed by atoms with E-state index in [4.69, 9.17) is 21.1 Å². The van der Waals surface area contributed by atoms with Crippen molar-refractivity contribution in [1.82, 2.24) is 4.90 Å². The molecule has 0 atom stereocenters. The predicted molar refractivity (Wildman–Crippen MR) is 88.9 cm³/mol. The van der Waals surface area contributed by atoms with Crippen LogP contribution in [0, 0.1) is 0 Å². The van der Waals surface area contributed by atoms with Crippen LogP contribution in [-0.2, 0) is 11.3 Å². The zero-order valence-corrected chi connectivity index (χ0v) is 14.1. The molecule has 1 heterocycles. The van der Waals surface area contributed by atoms with Gasteiger partial charge in [0.2, 0.25) is 0 Å². The van der Waals surface area contributed by atoms with Crippen molar-refractivity contribution in [3.63, 3.8) is 0 Å². The molecule has 1 amide bonds. The Bertz CT molecular complexity index is 629. The van der Waals surface area contributed by atoms with Crippen molar-refractivity contribution in [2.24, 2.45) is 0 Å². The smallest absolute Gasteiger partial charge is 0.260 e. The monoisotopic (exact) mass is 339 g/mol. The number of thiophene rings is 1. The van der Waals surface area contributed by atoms with E-state index in [2.05, 4.69) is 0 Å². The third-order valence-corrected chi connectivity index (χ3v) is 4.35. The Hall–Kier alpha value is -1.72. The zero-order valence-electron chi connectivity index (χ0n) is 12.5. The molecule has 2 rings (SSSR count). The Morgan fingerprint density at radius 2 is 1.95 bits per heavy atom. The molecule has 0 aliphatic rings. The average molecular weight is 340 g/mol. The summed E-state index contributed by atoms with van der Waals surface area (Å²) in [5, 5.41) is 0. The number of nitrogens with zero attached hydrogens (tertiary/aromatic N) is 1. The second-order valence-electron chi connectivity index (χ2n) is 4.55. The van der Waals surface area contributed by atoms with Crippen LogP contribution in [0.15, 0.2) is 36.4 Å². The molecule has 0 fully saturated rings. The normalized spacial score (nSPS) is 10.3. The lowest BCUT2D eigenvalue weighted by Gasteiger charge is -2.20. The van der Waals surface area contributed by atoms with Gasteiger partial charge in [-0.05, 0) is 31.2 Å². The van der Waals surface area contributed by atoms with Crippen LogP contribution in [0.4, 0.5) is 0 Å². The fourth-order valence-corrected chi connectivity index (χ4v) is 3.07. The first-order valence-corrected chi connectivity index (χ1v) is 8.11. The van der Waals surface area contributed by atoms with Crippen LogP contribution in [0.25, 0.3) is 0 Å². The summed E-state index contributed by atoms with van der Waals surface area (Å²) in [5.41, 5.74) is 0. The van der Waals surface area contributed by atoms with Crippen LogP contribution in [0.3, 0.4) is 0 Å². The van der Waals surface area contributed by atoms with Gasteiger partial charge in [-0.3, -0.25) is 4.79 Å². The van der Waals surface area contributed by atoms with Crippen molar-refractivity contribution in [1.29, 1.82) is 0 Å². The van der Waals surface area contributed by atoms with Crippen molar-refractivity contribution >= 4 is 28.8 Å². The Balaban J connectivity index is 1.94. The predicted octanol–water partition coefficient (Wildman–Crippen LogP) is 3.84. The van der Waals surface area contributed by atoms with E-state index in [0.29, 0.717) is 24.6 Å². The largest absolute Gasteiger partial charge is 0.493 e. The molecule has 1 aromatic carbocycles. The third-order valence-electron chi connectivity index (χ3n) is 3.13. The molecule has 0 unspecified atom stereocenters. The lowest BCUT2D eigenvalue weighted by Crippen LogP contribution is -2.34. The molecule has 4 nitrogen and oxygen atoms in total. The Morgan fingerprint density at radius 3 is 2.55 bits per heavy atom. The summed E-state index contributed by atoms with van der Waals surface area (Å²) >= 11 is 7.40. The topological polar surface area (TPSA) is 38.8 Å². The van der Waals surface area contributed by atoms with Crippen molar-refractivity contribution in [3.8, 4) is 11.5 Å². The van der Waals surface area contributed by atoms with Gasteiger partial charge in [-0.1, -0.05) is 23.7 Å². The van der Waals surface area contributed by atoms with Crippen LogP contribution in [0.1, 0.15) is 11.8 Å². The second kappa shape index (κ2) is 8.06.